The summed E-state index contributed by atoms with van der Waals surface area (Å²) >= 11 is 1.50. The Morgan fingerprint density at radius 3 is 2.52 bits per heavy atom. The Bertz CT molecular complexity index is 1230. The molecule has 4 rings (SSSR count). The van der Waals surface area contributed by atoms with Crippen LogP contribution in [0.2, 0.25) is 0 Å². The van der Waals surface area contributed by atoms with Crippen LogP contribution < -0.4 is 4.74 Å². The summed E-state index contributed by atoms with van der Waals surface area (Å²) in [6.45, 7) is 5.54. The van der Waals surface area contributed by atoms with E-state index < -0.39 is 9.84 Å². The Morgan fingerprint density at radius 2 is 1.88 bits per heavy atom. The molecule has 33 heavy (non-hydrogen) atoms. The third-order valence-electron chi connectivity index (χ3n) is 5.58. The molecular weight excluding hydrogens is 462 g/mol. The molecule has 8 nitrogen and oxygen atoms in total. The first-order valence-corrected chi connectivity index (χ1v) is 13.6. The number of benzene rings is 1. The third kappa shape index (κ3) is 5.44. The van der Waals surface area contributed by atoms with E-state index in [-0.39, 0.29) is 17.1 Å². The first kappa shape index (κ1) is 23.4. The molecule has 0 bridgehead atoms. The first-order chi connectivity index (χ1) is 15.7. The smallest absolute Gasteiger partial charge is 0.410 e. The summed E-state index contributed by atoms with van der Waals surface area (Å²) in [7, 11) is -3.24. The maximum absolute atomic E-state index is 12.1. The highest BCUT2D eigenvalue weighted by atomic mass is 32.2. The van der Waals surface area contributed by atoms with E-state index >= 15 is 0 Å². The summed E-state index contributed by atoms with van der Waals surface area (Å²) in [6.07, 6.45) is 4.02. The fourth-order valence-corrected chi connectivity index (χ4v) is 5.37. The largest absolute Gasteiger partial charge is 0.476 e. The number of piperidine rings is 1. The lowest BCUT2D eigenvalue weighted by molar-refractivity contribution is 0.0607. The van der Waals surface area contributed by atoms with Gasteiger partial charge in [0.15, 0.2) is 9.84 Å². The second-order valence-corrected chi connectivity index (χ2v) is 11.4. The summed E-state index contributed by atoms with van der Waals surface area (Å²) < 4.78 is 35.7. The molecule has 1 amide bonds. The van der Waals surface area contributed by atoms with Crippen LogP contribution in [-0.2, 0) is 14.6 Å². The van der Waals surface area contributed by atoms with Gasteiger partial charge in [0.1, 0.15) is 11.0 Å². The molecule has 0 unspecified atom stereocenters. The molecule has 1 fully saturated rings. The van der Waals surface area contributed by atoms with E-state index in [2.05, 4.69) is 9.97 Å². The molecule has 0 saturated carbocycles. The van der Waals surface area contributed by atoms with Crippen molar-refractivity contribution in [3.05, 3.63) is 36.0 Å². The lowest BCUT2D eigenvalue weighted by Crippen LogP contribution is -2.40. The van der Waals surface area contributed by atoms with Gasteiger partial charge in [-0.15, -0.1) is 11.3 Å². The molecule has 1 saturated heterocycles. The Morgan fingerprint density at radius 1 is 1.18 bits per heavy atom. The average Bonchev–Trinajstić information content (AvgIpc) is 3.22. The van der Waals surface area contributed by atoms with Gasteiger partial charge in [-0.3, -0.25) is 0 Å². The average molecular weight is 490 g/mol. The number of carbonyl (C=O) groups is 1. The summed E-state index contributed by atoms with van der Waals surface area (Å²) in [5.41, 5.74) is 2.58. The molecule has 10 heteroatoms. The van der Waals surface area contributed by atoms with Crippen LogP contribution in [-0.4, -0.2) is 61.4 Å². The zero-order chi connectivity index (χ0) is 23.6. The van der Waals surface area contributed by atoms with Crippen molar-refractivity contribution in [3.8, 4) is 17.0 Å². The molecule has 3 aromatic rings. The zero-order valence-electron chi connectivity index (χ0n) is 18.9. The van der Waals surface area contributed by atoms with Gasteiger partial charge in [0.25, 0.3) is 0 Å². The molecule has 1 aromatic carbocycles. The van der Waals surface area contributed by atoms with Crippen molar-refractivity contribution in [3.63, 3.8) is 0 Å². The van der Waals surface area contributed by atoms with Crippen LogP contribution in [0, 0.1) is 5.92 Å². The van der Waals surface area contributed by atoms with Gasteiger partial charge in [0.05, 0.1) is 23.1 Å². The topological polar surface area (TPSA) is 98.7 Å². The number of carbonyl (C=O) groups excluding carboxylic acids is 1. The number of hydrogen-bond donors (Lipinski definition) is 0. The zero-order valence-corrected chi connectivity index (χ0v) is 20.5. The molecule has 2 aromatic heterocycles. The monoisotopic (exact) mass is 489 g/mol. The molecule has 0 N–H and O–H groups in total. The number of aromatic nitrogens is 2. The Labute approximate surface area is 197 Å². The molecule has 0 spiro atoms. The number of rotatable bonds is 6. The molecule has 1 aliphatic heterocycles. The number of likely N-dealkylation sites (tertiary alicyclic amines) is 1. The van der Waals surface area contributed by atoms with Crippen LogP contribution in [0.5, 0.6) is 5.88 Å². The van der Waals surface area contributed by atoms with E-state index in [9.17, 15) is 13.2 Å². The van der Waals surface area contributed by atoms with Gasteiger partial charge < -0.3 is 14.4 Å². The van der Waals surface area contributed by atoms with E-state index in [0.29, 0.717) is 31.5 Å². The van der Waals surface area contributed by atoms with Crippen LogP contribution in [0.25, 0.3) is 21.3 Å². The van der Waals surface area contributed by atoms with E-state index in [0.717, 1.165) is 34.2 Å². The van der Waals surface area contributed by atoms with Crippen molar-refractivity contribution in [2.24, 2.45) is 5.92 Å². The third-order valence-corrected chi connectivity index (χ3v) is 7.67. The summed E-state index contributed by atoms with van der Waals surface area (Å²) in [5, 5.41) is 1.99. The number of fused-ring (bicyclic) bond motifs is 1. The van der Waals surface area contributed by atoms with Crippen LogP contribution >= 0.6 is 11.3 Å². The van der Waals surface area contributed by atoms with Crippen molar-refractivity contribution in [2.45, 2.75) is 37.7 Å². The van der Waals surface area contributed by atoms with Crippen LogP contribution in [0.3, 0.4) is 0 Å². The summed E-state index contributed by atoms with van der Waals surface area (Å²) in [5.74, 6) is 0.881. The predicted molar refractivity (Wildman–Crippen MR) is 127 cm³/mol. The number of ether oxygens (including phenoxy) is 2. The van der Waals surface area contributed by atoms with Gasteiger partial charge in [-0.25, -0.2) is 23.2 Å². The molecule has 0 atom stereocenters. The van der Waals surface area contributed by atoms with Gasteiger partial charge in [0.2, 0.25) is 5.88 Å². The SMILES string of the molecule is CC(C)OC(=O)N1CCC(COc2ncnc3c(-c4ccc(S(C)(=O)=O)cc4)csc23)CC1. The van der Waals surface area contributed by atoms with Gasteiger partial charge in [-0.2, -0.15) is 0 Å². The molecule has 176 valence electrons. The second kappa shape index (κ2) is 9.64. The van der Waals surface area contributed by atoms with Gasteiger partial charge >= 0.3 is 6.09 Å². The van der Waals surface area contributed by atoms with Crippen LogP contribution in [0.15, 0.2) is 40.9 Å². The van der Waals surface area contributed by atoms with E-state index in [1.807, 2.05) is 19.2 Å². The van der Waals surface area contributed by atoms with Gasteiger partial charge in [-0.1, -0.05) is 12.1 Å². The standard InChI is InChI=1S/C23H27N3O5S2/c1-15(2)31-23(27)26-10-8-16(9-11-26)12-30-22-21-20(24-14-25-22)19(13-32-21)17-4-6-18(7-5-17)33(3,28)29/h4-7,13-16H,8-12H2,1-3H3. The minimum atomic E-state index is -3.24. The summed E-state index contributed by atoms with van der Waals surface area (Å²) in [4.78, 5) is 22.9. The van der Waals surface area contributed by atoms with Gasteiger partial charge in [-0.05, 0) is 50.3 Å². The molecular formula is C23H27N3O5S2. The van der Waals surface area contributed by atoms with Gasteiger partial charge in [0, 0.05) is 30.3 Å². The second-order valence-electron chi connectivity index (χ2n) is 8.48. The Hall–Kier alpha value is -2.72. The van der Waals surface area contributed by atoms with Crippen LogP contribution in [0.1, 0.15) is 26.7 Å². The van der Waals surface area contributed by atoms with Crippen molar-refractivity contribution in [1.29, 1.82) is 0 Å². The number of sulfone groups is 1. The fourth-order valence-electron chi connectivity index (χ4n) is 3.77. The highest BCUT2D eigenvalue weighted by Crippen LogP contribution is 2.37. The van der Waals surface area contributed by atoms with Crippen molar-refractivity contribution in [1.82, 2.24) is 14.9 Å². The maximum Gasteiger partial charge on any atom is 0.410 e. The highest BCUT2D eigenvalue weighted by molar-refractivity contribution is 7.90. The quantitative estimate of drug-likeness (QED) is 0.506. The fraction of sp³-hybridized carbons (Fsp3) is 0.435. The highest BCUT2D eigenvalue weighted by Gasteiger charge is 2.25. The molecule has 1 aliphatic rings. The lowest BCUT2D eigenvalue weighted by Gasteiger charge is -2.31. The number of hydrogen-bond acceptors (Lipinski definition) is 8. The Kier molecular flexibility index (Phi) is 6.85. The van der Waals surface area contributed by atoms with Crippen molar-refractivity contribution in [2.75, 3.05) is 26.0 Å². The molecule has 3 heterocycles. The number of nitrogens with zero attached hydrogens (tertiary/aromatic N) is 3. The number of thiophene rings is 1. The number of amides is 1. The predicted octanol–water partition coefficient (Wildman–Crippen LogP) is 4.40. The molecule has 0 aliphatic carbocycles. The summed E-state index contributed by atoms with van der Waals surface area (Å²) in [6, 6.07) is 6.79. The minimum Gasteiger partial charge on any atom is -0.476 e. The van der Waals surface area contributed by atoms with Crippen LogP contribution in [0.4, 0.5) is 4.79 Å². The first-order valence-electron chi connectivity index (χ1n) is 10.8. The Balaban J connectivity index is 1.42. The van der Waals surface area contributed by atoms with Crippen molar-refractivity contribution >= 4 is 37.5 Å². The van der Waals surface area contributed by atoms with E-state index in [1.54, 1.807) is 29.2 Å². The maximum atomic E-state index is 12.1. The van der Waals surface area contributed by atoms with E-state index in [4.69, 9.17) is 9.47 Å². The van der Waals surface area contributed by atoms with E-state index in [1.165, 1.54) is 23.9 Å². The minimum absolute atomic E-state index is 0.118. The lowest BCUT2D eigenvalue weighted by atomic mass is 9.98. The van der Waals surface area contributed by atoms with Crippen molar-refractivity contribution < 1.29 is 22.7 Å². The molecule has 0 radical (unpaired) electrons. The normalized spacial score (nSPS) is 15.2.